The van der Waals surface area contributed by atoms with Crippen LogP contribution in [0.5, 0.6) is 5.75 Å². The number of halogens is 1. The van der Waals surface area contributed by atoms with Crippen LogP contribution in [0.1, 0.15) is 17.5 Å². The molecular formula is C19H21ClN2O6. The second-order valence-electron chi connectivity index (χ2n) is 6.43. The van der Waals surface area contributed by atoms with E-state index in [2.05, 4.69) is 4.74 Å². The van der Waals surface area contributed by atoms with Crippen molar-refractivity contribution in [3.05, 3.63) is 38.6 Å². The first-order valence-electron chi connectivity index (χ1n) is 8.66. The largest absolute Gasteiger partial charge is 0.495 e. The Morgan fingerprint density at radius 3 is 2.50 bits per heavy atom. The topological polar surface area (TPSA) is 87.1 Å². The number of aryl methyl sites for hydroxylation is 1. The van der Waals surface area contributed by atoms with Crippen LogP contribution in [0.15, 0.2) is 16.9 Å². The molecule has 0 saturated heterocycles. The van der Waals surface area contributed by atoms with Crippen LogP contribution >= 0.6 is 11.6 Å². The van der Waals surface area contributed by atoms with Crippen LogP contribution in [0.4, 0.5) is 0 Å². The van der Waals surface area contributed by atoms with E-state index in [0.717, 1.165) is 10.9 Å². The summed E-state index contributed by atoms with van der Waals surface area (Å²) in [6, 6.07) is 3.41. The number of aromatic nitrogens is 1. The fourth-order valence-corrected chi connectivity index (χ4v) is 3.66. The lowest BCUT2D eigenvalue weighted by Crippen LogP contribution is -2.30. The molecular weight excluding hydrogens is 388 g/mol. The van der Waals surface area contributed by atoms with E-state index in [-0.39, 0.29) is 37.6 Å². The fraction of sp³-hybridized carbons (Fsp3) is 0.421. The van der Waals surface area contributed by atoms with E-state index in [1.807, 2.05) is 0 Å². The van der Waals surface area contributed by atoms with Gasteiger partial charge in [0.25, 0.3) is 5.56 Å². The Labute approximate surface area is 166 Å². The van der Waals surface area contributed by atoms with Gasteiger partial charge in [-0.25, -0.2) is 0 Å². The zero-order valence-corrected chi connectivity index (χ0v) is 16.7. The van der Waals surface area contributed by atoms with Crippen LogP contribution in [0.25, 0.3) is 10.9 Å². The summed E-state index contributed by atoms with van der Waals surface area (Å²) < 4.78 is 16.4. The van der Waals surface area contributed by atoms with Crippen LogP contribution in [0.3, 0.4) is 0 Å². The molecule has 150 valence electrons. The molecule has 1 aliphatic heterocycles. The lowest BCUT2D eigenvalue weighted by molar-refractivity contribution is -0.140. The average molecular weight is 409 g/mol. The van der Waals surface area contributed by atoms with E-state index < -0.39 is 5.97 Å². The maximum absolute atomic E-state index is 13.1. The molecule has 2 aromatic rings. The van der Waals surface area contributed by atoms with E-state index in [1.165, 1.54) is 25.9 Å². The summed E-state index contributed by atoms with van der Waals surface area (Å²) in [7, 11) is 4.26. The molecule has 0 bridgehead atoms. The molecule has 0 aliphatic carbocycles. The number of fused-ring (bicyclic) bond motifs is 3. The third-order valence-electron chi connectivity index (χ3n) is 4.84. The Balaban J connectivity index is 2.17. The summed E-state index contributed by atoms with van der Waals surface area (Å²) in [5.74, 6) is -0.151. The van der Waals surface area contributed by atoms with E-state index >= 15 is 0 Å². The molecule has 0 N–H and O–H groups in total. The zero-order chi connectivity index (χ0) is 20.4. The molecule has 3 rings (SSSR count). The molecule has 1 aromatic carbocycles. The third kappa shape index (κ3) is 3.57. The maximum atomic E-state index is 13.1. The number of hydrogen-bond acceptors (Lipinski definition) is 6. The van der Waals surface area contributed by atoms with Crippen molar-refractivity contribution in [2.45, 2.75) is 26.1 Å². The number of methoxy groups -OCH3 is 3. The number of carbonyl (C=O) groups is 2. The summed E-state index contributed by atoms with van der Waals surface area (Å²) in [6.45, 7) is 0.572. The van der Waals surface area contributed by atoms with E-state index in [1.54, 1.807) is 17.0 Å². The Morgan fingerprint density at radius 2 is 1.86 bits per heavy atom. The number of rotatable bonds is 6. The van der Waals surface area contributed by atoms with Crippen LogP contribution in [0.2, 0.25) is 5.02 Å². The lowest BCUT2D eigenvalue weighted by Gasteiger charge is -2.15. The highest BCUT2D eigenvalue weighted by atomic mass is 35.5. The van der Waals surface area contributed by atoms with Gasteiger partial charge in [0.2, 0.25) is 5.91 Å². The predicted octanol–water partition coefficient (Wildman–Crippen LogP) is 1.72. The van der Waals surface area contributed by atoms with Crippen molar-refractivity contribution in [2.75, 3.05) is 27.9 Å². The van der Waals surface area contributed by atoms with Gasteiger partial charge in [0.1, 0.15) is 12.4 Å². The molecule has 0 spiro atoms. The number of ether oxygens (including phenoxy) is 3. The quantitative estimate of drug-likeness (QED) is 0.676. The van der Waals surface area contributed by atoms with Crippen LogP contribution < -0.4 is 10.3 Å². The van der Waals surface area contributed by atoms with Crippen molar-refractivity contribution in [1.29, 1.82) is 0 Å². The molecule has 9 heteroatoms. The Hall–Kier alpha value is -2.58. The highest BCUT2D eigenvalue weighted by Crippen LogP contribution is 2.35. The van der Waals surface area contributed by atoms with E-state index in [0.29, 0.717) is 28.4 Å². The average Bonchev–Trinajstić information content (AvgIpc) is 3.13. The van der Waals surface area contributed by atoms with Crippen LogP contribution in [0, 0.1) is 0 Å². The molecule has 28 heavy (non-hydrogen) atoms. The van der Waals surface area contributed by atoms with Gasteiger partial charge in [-0.2, -0.15) is 0 Å². The van der Waals surface area contributed by atoms with Gasteiger partial charge in [-0.1, -0.05) is 11.6 Å². The Bertz CT molecular complexity index is 1000. The maximum Gasteiger partial charge on any atom is 0.307 e. The number of amides is 1. The molecule has 8 nitrogen and oxygen atoms in total. The highest BCUT2D eigenvalue weighted by molar-refractivity contribution is 6.32. The van der Waals surface area contributed by atoms with Crippen molar-refractivity contribution < 1.29 is 23.8 Å². The Kier molecular flexibility index (Phi) is 5.90. The molecule has 0 saturated carbocycles. The third-order valence-corrected chi connectivity index (χ3v) is 5.13. The first-order valence-corrected chi connectivity index (χ1v) is 9.04. The first kappa shape index (κ1) is 20.2. The van der Waals surface area contributed by atoms with Gasteiger partial charge in [0.05, 0.1) is 37.7 Å². The van der Waals surface area contributed by atoms with Crippen molar-refractivity contribution in [3.8, 4) is 5.75 Å². The van der Waals surface area contributed by atoms with Crippen molar-refractivity contribution in [3.63, 3.8) is 0 Å². The second-order valence-corrected chi connectivity index (χ2v) is 6.83. The summed E-state index contributed by atoms with van der Waals surface area (Å²) in [6.07, 6.45) is 0.0419. The standard InChI is InChI=1S/C19H21ClN2O6/c1-26-10-17(23)21-8-12-11-6-16(27-2)14(20)7-15(11)22(5-4-18(24)28-3)19(25)13(12)9-21/h6-7H,4-5,8-10H2,1-3H3. The summed E-state index contributed by atoms with van der Waals surface area (Å²) in [4.78, 5) is 38.6. The number of carbonyl (C=O) groups excluding carboxylic acids is 2. The highest BCUT2D eigenvalue weighted by Gasteiger charge is 2.29. The number of hydrogen-bond donors (Lipinski definition) is 0. The van der Waals surface area contributed by atoms with Gasteiger partial charge in [0.15, 0.2) is 0 Å². The lowest BCUT2D eigenvalue weighted by atomic mass is 10.0. The van der Waals surface area contributed by atoms with Gasteiger partial charge >= 0.3 is 5.97 Å². The minimum Gasteiger partial charge on any atom is -0.495 e. The van der Waals surface area contributed by atoms with Gasteiger partial charge in [-0.05, 0) is 17.7 Å². The monoisotopic (exact) mass is 408 g/mol. The van der Waals surface area contributed by atoms with Crippen molar-refractivity contribution in [2.24, 2.45) is 0 Å². The van der Waals surface area contributed by atoms with Gasteiger partial charge < -0.3 is 23.7 Å². The van der Waals surface area contributed by atoms with E-state index in [4.69, 9.17) is 21.1 Å². The molecule has 0 fully saturated rings. The molecule has 0 atom stereocenters. The fourth-order valence-electron chi connectivity index (χ4n) is 3.43. The molecule has 1 amide bonds. The Morgan fingerprint density at radius 1 is 1.14 bits per heavy atom. The van der Waals surface area contributed by atoms with Crippen molar-refractivity contribution in [1.82, 2.24) is 9.47 Å². The SMILES string of the molecule is COCC(=O)N1Cc2c(c3cc(OC)c(Cl)cc3n(CCC(=O)OC)c2=O)C1. The molecule has 0 unspecified atom stereocenters. The number of pyridine rings is 1. The number of esters is 1. The van der Waals surface area contributed by atoms with Gasteiger partial charge in [-0.3, -0.25) is 14.4 Å². The number of nitrogens with zero attached hydrogens (tertiary/aromatic N) is 2. The minimum atomic E-state index is -0.419. The molecule has 0 radical (unpaired) electrons. The van der Waals surface area contributed by atoms with E-state index in [9.17, 15) is 14.4 Å². The van der Waals surface area contributed by atoms with Gasteiger partial charge in [0, 0.05) is 31.1 Å². The minimum absolute atomic E-state index is 0.0419. The number of benzene rings is 1. The normalized spacial score (nSPS) is 12.9. The van der Waals surface area contributed by atoms with Crippen LogP contribution in [-0.4, -0.2) is 49.3 Å². The summed E-state index contributed by atoms with van der Waals surface area (Å²) in [5.41, 5.74) is 1.61. The summed E-state index contributed by atoms with van der Waals surface area (Å²) in [5, 5.41) is 1.11. The predicted molar refractivity (Wildman–Crippen MR) is 103 cm³/mol. The second kappa shape index (κ2) is 8.20. The zero-order valence-electron chi connectivity index (χ0n) is 15.9. The van der Waals surface area contributed by atoms with Gasteiger partial charge in [-0.15, -0.1) is 0 Å². The molecule has 1 aromatic heterocycles. The molecule has 2 heterocycles. The first-order chi connectivity index (χ1) is 13.4. The molecule has 1 aliphatic rings. The van der Waals surface area contributed by atoms with Crippen LogP contribution in [-0.2, 0) is 38.7 Å². The van der Waals surface area contributed by atoms with Crippen molar-refractivity contribution >= 4 is 34.4 Å². The smallest absolute Gasteiger partial charge is 0.307 e. The summed E-state index contributed by atoms with van der Waals surface area (Å²) >= 11 is 6.28.